The molecule has 2 aromatic heterocycles. The summed E-state index contributed by atoms with van der Waals surface area (Å²) in [6.45, 7) is 5.42. The van der Waals surface area contributed by atoms with E-state index >= 15 is 0 Å². The van der Waals surface area contributed by atoms with Crippen molar-refractivity contribution in [3.8, 4) is 5.88 Å². The minimum atomic E-state index is 0.185. The molecule has 25 heavy (non-hydrogen) atoms. The van der Waals surface area contributed by atoms with Crippen LogP contribution in [0.25, 0.3) is 11.0 Å². The molecule has 1 unspecified atom stereocenters. The van der Waals surface area contributed by atoms with Crippen LogP contribution in [0.5, 0.6) is 5.88 Å². The van der Waals surface area contributed by atoms with Crippen LogP contribution in [0.4, 0.5) is 0 Å². The predicted molar refractivity (Wildman–Crippen MR) is 96.6 cm³/mol. The second-order valence-electron chi connectivity index (χ2n) is 6.75. The number of fused-ring (bicyclic) bond motifs is 1. The molecule has 0 radical (unpaired) electrons. The largest absolute Gasteiger partial charge is 0.479 e. The highest BCUT2D eigenvalue weighted by atomic mass is 16.5. The van der Waals surface area contributed by atoms with Crippen LogP contribution in [0.2, 0.25) is 0 Å². The summed E-state index contributed by atoms with van der Waals surface area (Å²) in [4.78, 5) is 19.2. The number of hydrogen-bond donors (Lipinski definition) is 1. The van der Waals surface area contributed by atoms with Crippen LogP contribution in [-0.4, -0.2) is 51.8 Å². The van der Waals surface area contributed by atoms with Crippen LogP contribution in [-0.2, 0) is 18.3 Å². The van der Waals surface area contributed by atoms with Crippen molar-refractivity contribution in [2.45, 2.75) is 45.6 Å². The molecule has 1 aliphatic rings. The van der Waals surface area contributed by atoms with Crippen LogP contribution in [0.1, 0.15) is 36.1 Å². The van der Waals surface area contributed by atoms with E-state index in [-0.39, 0.29) is 11.9 Å². The molecule has 1 fully saturated rings. The third-order valence-electron chi connectivity index (χ3n) is 5.27. The van der Waals surface area contributed by atoms with Gasteiger partial charge in [0.1, 0.15) is 0 Å². The van der Waals surface area contributed by atoms with Crippen molar-refractivity contribution in [3.05, 3.63) is 16.8 Å². The maximum absolute atomic E-state index is 12.6. The van der Waals surface area contributed by atoms with E-state index in [2.05, 4.69) is 17.0 Å². The monoisotopic (exact) mass is 345 g/mol. The van der Waals surface area contributed by atoms with Gasteiger partial charge < -0.3 is 15.4 Å². The van der Waals surface area contributed by atoms with Crippen molar-refractivity contribution >= 4 is 16.9 Å². The maximum Gasteiger partial charge on any atom is 0.242 e. The fourth-order valence-electron chi connectivity index (χ4n) is 3.89. The van der Waals surface area contributed by atoms with Crippen molar-refractivity contribution < 1.29 is 9.53 Å². The number of aryl methyl sites for hydroxylation is 3. The molecule has 0 aliphatic carbocycles. The first kappa shape index (κ1) is 17.7. The number of carbonyl (C=O) groups is 1. The summed E-state index contributed by atoms with van der Waals surface area (Å²) in [6.07, 6.45) is 3.21. The Morgan fingerprint density at radius 3 is 2.84 bits per heavy atom. The molecular formula is C18H27N5O2. The molecule has 1 amide bonds. The molecular weight excluding hydrogens is 318 g/mol. The zero-order valence-corrected chi connectivity index (χ0v) is 15.5. The van der Waals surface area contributed by atoms with E-state index in [1.807, 2.05) is 18.9 Å². The molecule has 0 aromatic carbocycles. The van der Waals surface area contributed by atoms with Gasteiger partial charge in [-0.05, 0) is 44.2 Å². The lowest BCUT2D eigenvalue weighted by molar-refractivity contribution is -0.131. The van der Waals surface area contributed by atoms with Gasteiger partial charge in [-0.1, -0.05) is 0 Å². The summed E-state index contributed by atoms with van der Waals surface area (Å²) >= 11 is 0. The number of likely N-dealkylation sites (tertiary alicyclic amines) is 1. The number of amides is 1. The smallest absolute Gasteiger partial charge is 0.242 e. The van der Waals surface area contributed by atoms with Gasteiger partial charge in [0.15, 0.2) is 5.65 Å². The number of carbonyl (C=O) groups excluding carboxylic acids is 1. The Labute approximate surface area is 148 Å². The average molecular weight is 345 g/mol. The lowest BCUT2D eigenvalue weighted by atomic mass is 10.00. The minimum Gasteiger partial charge on any atom is -0.479 e. The van der Waals surface area contributed by atoms with Crippen LogP contribution in [0.15, 0.2) is 0 Å². The first-order valence-corrected chi connectivity index (χ1v) is 8.84. The summed E-state index contributed by atoms with van der Waals surface area (Å²) in [6, 6.07) is 0.203. The molecule has 3 rings (SSSR count). The molecule has 7 heteroatoms. The second kappa shape index (κ2) is 7.00. The van der Waals surface area contributed by atoms with E-state index in [0.29, 0.717) is 25.3 Å². The molecule has 0 spiro atoms. The van der Waals surface area contributed by atoms with Crippen LogP contribution in [0.3, 0.4) is 0 Å². The van der Waals surface area contributed by atoms with Crippen LogP contribution >= 0.6 is 0 Å². The van der Waals surface area contributed by atoms with E-state index in [4.69, 9.17) is 10.5 Å². The molecule has 7 nitrogen and oxygen atoms in total. The molecule has 1 aliphatic heterocycles. The minimum absolute atomic E-state index is 0.185. The normalized spacial score (nSPS) is 17.5. The highest BCUT2D eigenvalue weighted by Crippen LogP contribution is 2.30. The van der Waals surface area contributed by atoms with E-state index in [0.717, 1.165) is 47.2 Å². The van der Waals surface area contributed by atoms with E-state index in [1.54, 1.807) is 11.8 Å². The highest BCUT2D eigenvalue weighted by molar-refractivity contribution is 5.86. The number of aromatic nitrogens is 3. The molecule has 136 valence electrons. The van der Waals surface area contributed by atoms with E-state index in [1.165, 1.54) is 0 Å². The second-order valence-corrected chi connectivity index (χ2v) is 6.75. The lowest BCUT2D eigenvalue weighted by Crippen LogP contribution is -2.40. The topological polar surface area (TPSA) is 86.3 Å². The van der Waals surface area contributed by atoms with Crippen molar-refractivity contribution in [1.29, 1.82) is 0 Å². The zero-order chi connectivity index (χ0) is 18.1. The first-order chi connectivity index (χ1) is 12.0. The summed E-state index contributed by atoms with van der Waals surface area (Å²) < 4.78 is 7.13. The Morgan fingerprint density at radius 1 is 1.40 bits per heavy atom. The number of hydrogen-bond acceptors (Lipinski definition) is 5. The van der Waals surface area contributed by atoms with Gasteiger partial charge in [-0.25, -0.2) is 9.67 Å². The van der Waals surface area contributed by atoms with Gasteiger partial charge in [-0.15, -0.1) is 5.10 Å². The van der Waals surface area contributed by atoms with Crippen molar-refractivity contribution in [2.24, 2.45) is 12.8 Å². The summed E-state index contributed by atoms with van der Waals surface area (Å²) in [5, 5.41) is 5.30. The van der Waals surface area contributed by atoms with Crippen LogP contribution in [0, 0.1) is 13.8 Å². The molecule has 1 saturated heterocycles. The standard InChI is InChI=1S/C18H27N5O2/c1-11-14(7-8-15(24)23-9-5-6-13(23)10-19)12(2)20-17-16(11)18(25-4)21-22(17)3/h13H,5-10,19H2,1-4H3. The summed E-state index contributed by atoms with van der Waals surface area (Å²) in [5.74, 6) is 0.766. The third-order valence-corrected chi connectivity index (χ3v) is 5.27. The highest BCUT2D eigenvalue weighted by Gasteiger charge is 2.27. The predicted octanol–water partition coefficient (Wildman–Crippen LogP) is 1.48. The number of ether oxygens (including phenoxy) is 1. The Bertz CT molecular complexity index is 799. The molecule has 3 heterocycles. The van der Waals surface area contributed by atoms with Gasteiger partial charge in [0.05, 0.1) is 12.5 Å². The number of nitrogens with zero attached hydrogens (tertiary/aromatic N) is 4. The SMILES string of the molecule is COc1nn(C)c2nc(C)c(CCC(=O)N3CCCC3CN)c(C)c12. The van der Waals surface area contributed by atoms with Gasteiger partial charge in [0, 0.05) is 38.3 Å². The van der Waals surface area contributed by atoms with Crippen LogP contribution < -0.4 is 10.5 Å². The lowest BCUT2D eigenvalue weighted by Gasteiger charge is -2.23. The molecule has 2 aromatic rings. The molecule has 0 bridgehead atoms. The van der Waals surface area contributed by atoms with Gasteiger partial charge in [-0.3, -0.25) is 4.79 Å². The number of methoxy groups -OCH3 is 1. The number of rotatable bonds is 5. The zero-order valence-electron chi connectivity index (χ0n) is 15.5. The maximum atomic E-state index is 12.6. The van der Waals surface area contributed by atoms with Crippen molar-refractivity contribution in [3.63, 3.8) is 0 Å². The van der Waals surface area contributed by atoms with Gasteiger partial charge in [0.2, 0.25) is 11.8 Å². The molecule has 2 N–H and O–H groups in total. The van der Waals surface area contributed by atoms with E-state index in [9.17, 15) is 4.79 Å². The third kappa shape index (κ3) is 3.08. The Balaban J connectivity index is 1.85. The molecule has 1 atom stereocenters. The van der Waals surface area contributed by atoms with E-state index < -0.39 is 0 Å². The fourth-order valence-corrected chi connectivity index (χ4v) is 3.89. The summed E-state index contributed by atoms with van der Waals surface area (Å²) in [7, 11) is 3.48. The summed E-state index contributed by atoms with van der Waals surface area (Å²) in [5.41, 5.74) is 9.74. The Morgan fingerprint density at radius 2 is 2.16 bits per heavy atom. The average Bonchev–Trinajstić information content (AvgIpc) is 3.19. The quantitative estimate of drug-likeness (QED) is 0.887. The Hall–Kier alpha value is -2.15. The number of nitrogens with two attached hydrogens (primary N) is 1. The van der Waals surface area contributed by atoms with Gasteiger partial charge in [-0.2, -0.15) is 0 Å². The first-order valence-electron chi connectivity index (χ1n) is 8.84. The van der Waals surface area contributed by atoms with Crippen molar-refractivity contribution in [2.75, 3.05) is 20.2 Å². The van der Waals surface area contributed by atoms with Gasteiger partial charge in [0.25, 0.3) is 0 Å². The van der Waals surface area contributed by atoms with Crippen molar-refractivity contribution in [1.82, 2.24) is 19.7 Å². The molecule has 0 saturated carbocycles. The van der Waals surface area contributed by atoms with Gasteiger partial charge >= 0.3 is 0 Å². The number of pyridine rings is 1. The Kier molecular flexibility index (Phi) is 4.94. The fraction of sp³-hybridized carbons (Fsp3) is 0.611.